The second-order valence-electron chi connectivity index (χ2n) is 4.93. The summed E-state index contributed by atoms with van der Waals surface area (Å²) in [5.74, 6) is 0.858. The maximum Gasteiger partial charge on any atom is 0.165 e. The summed E-state index contributed by atoms with van der Waals surface area (Å²) in [5.41, 5.74) is 2.02. The molecule has 0 fully saturated rings. The van der Waals surface area contributed by atoms with Crippen LogP contribution in [0.1, 0.15) is 19.2 Å². The Hall–Kier alpha value is -1.72. The van der Waals surface area contributed by atoms with Crippen molar-refractivity contribution in [3.63, 3.8) is 0 Å². The van der Waals surface area contributed by atoms with Gasteiger partial charge < -0.3 is 14.0 Å². The van der Waals surface area contributed by atoms with Gasteiger partial charge in [-0.2, -0.15) is 0 Å². The molecule has 0 N–H and O–H groups in total. The summed E-state index contributed by atoms with van der Waals surface area (Å²) in [6, 6.07) is 7.98. The van der Waals surface area contributed by atoms with Crippen LogP contribution in [0.25, 0.3) is 11.0 Å². The molecule has 0 amide bonds. The summed E-state index contributed by atoms with van der Waals surface area (Å²) >= 11 is 0. The zero-order valence-corrected chi connectivity index (χ0v) is 12.7. The van der Waals surface area contributed by atoms with E-state index >= 15 is 0 Å². The number of nitrogens with zero attached hydrogens (tertiary/aromatic N) is 2. The number of imidazole rings is 1. The molecule has 0 saturated carbocycles. The van der Waals surface area contributed by atoms with Crippen LogP contribution in [-0.2, 0) is 27.2 Å². The van der Waals surface area contributed by atoms with Crippen LogP contribution in [0.4, 0.5) is 0 Å². The van der Waals surface area contributed by atoms with Gasteiger partial charge in [0.15, 0.2) is 5.78 Å². The number of ketones is 1. The minimum Gasteiger partial charge on any atom is -0.382 e. The Labute approximate surface area is 124 Å². The molecule has 0 aliphatic heterocycles. The largest absolute Gasteiger partial charge is 0.382 e. The smallest absolute Gasteiger partial charge is 0.165 e. The molecule has 1 heterocycles. The summed E-state index contributed by atoms with van der Waals surface area (Å²) in [4.78, 5) is 16.6. The number of methoxy groups -OCH3 is 1. The highest BCUT2D eigenvalue weighted by molar-refractivity contribution is 5.83. The van der Waals surface area contributed by atoms with Crippen molar-refractivity contribution in [1.82, 2.24) is 9.55 Å². The lowest BCUT2D eigenvalue weighted by Crippen LogP contribution is -2.16. The Morgan fingerprint density at radius 1 is 1.29 bits per heavy atom. The number of aromatic nitrogens is 2. The number of benzene rings is 1. The van der Waals surface area contributed by atoms with Crippen molar-refractivity contribution in [2.24, 2.45) is 0 Å². The van der Waals surface area contributed by atoms with Crippen LogP contribution in [0.15, 0.2) is 24.3 Å². The zero-order chi connectivity index (χ0) is 15.1. The van der Waals surface area contributed by atoms with E-state index in [-0.39, 0.29) is 12.4 Å². The molecule has 2 rings (SSSR count). The van der Waals surface area contributed by atoms with Crippen molar-refractivity contribution in [1.29, 1.82) is 0 Å². The third kappa shape index (κ3) is 4.12. The van der Waals surface area contributed by atoms with Gasteiger partial charge in [0.05, 0.1) is 30.7 Å². The number of rotatable bonds is 9. The molecule has 21 heavy (non-hydrogen) atoms. The molecule has 2 aromatic rings. The van der Waals surface area contributed by atoms with E-state index < -0.39 is 0 Å². The van der Waals surface area contributed by atoms with Gasteiger partial charge in [-0.25, -0.2) is 4.98 Å². The molecule has 0 unspecified atom stereocenters. The summed E-state index contributed by atoms with van der Waals surface area (Å²) < 4.78 is 12.3. The van der Waals surface area contributed by atoms with Gasteiger partial charge in [-0.1, -0.05) is 19.1 Å². The number of fused-ring (bicyclic) bond motifs is 1. The number of para-hydroxylation sites is 2. The van der Waals surface area contributed by atoms with Crippen molar-refractivity contribution in [3.05, 3.63) is 30.1 Å². The van der Waals surface area contributed by atoms with E-state index in [1.807, 2.05) is 24.3 Å². The minimum absolute atomic E-state index is 0.0405. The fourth-order valence-corrected chi connectivity index (χ4v) is 2.29. The van der Waals surface area contributed by atoms with Gasteiger partial charge >= 0.3 is 0 Å². The number of aryl methyl sites for hydroxylation is 1. The van der Waals surface area contributed by atoms with Gasteiger partial charge in [-0.15, -0.1) is 0 Å². The molecule has 5 heteroatoms. The van der Waals surface area contributed by atoms with Gasteiger partial charge in [-0.05, 0) is 18.6 Å². The molecule has 0 radical (unpaired) electrons. The molecule has 0 bridgehead atoms. The molecule has 114 valence electrons. The van der Waals surface area contributed by atoms with Crippen molar-refractivity contribution >= 4 is 16.8 Å². The second kappa shape index (κ2) is 7.90. The highest BCUT2D eigenvalue weighted by Crippen LogP contribution is 2.17. The number of Topliss-reactive ketones (excluding diaryl/α,β-unsaturated/α-hetero) is 1. The molecule has 1 aromatic carbocycles. The van der Waals surface area contributed by atoms with Crippen LogP contribution < -0.4 is 0 Å². The van der Waals surface area contributed by atoms with E-state index in [1.165, 1.54) is 0 Å². The predicted octanol–water partition coefficient (Wildman–Crippen LogP) is 2.22. The second-order valence-corrected chi connectivity index (χ2v) is 4.93. The monoisotopic (exact) mass is 290 g/mol. The quantitative estimate of drug-likeness (QED) is 0.665. The molecule has 0 saturated heterocycles. The zero-order valence-electron chi connectivity index (χ0n) is 12.7. The Morgan fingerprint density at radius 3 is 2.86 bits per heavy atom. The maximum absolute atomic E-state index is 12.0. The minimum atomic E-state index is 0.0405. The van der Waals surface area contributed by atoms with E-state index in [2.05, 4.69) is 16.5 Å². The lowest BCUT2D eigenvalue weighted by Gasteiger charge is -2.07. The van der Waals surface area contributed by atoms with Crippen LogP contribution >= 0.6 is 0 Å². The molecule has 0 aliphatic rings. The van der Waals surface area contributed by atoms with Gasteiger partial charge in [0, 0.05) is 13.7 Å². The summed E-state index contributed by atoms with van der Waals surface area (Å²) in [7, 11) is 1.61. The molecule has 0 spiro atoms. The van der Waals surface area contributed by atoms with E-state index in [1.54, 1.807) is 7.11 Å². The number of carbonyl (C=O) groups is 1. The van der Waals surface area contributed by atoms with Gasteiger partial charge in [0.1, 0.15) is 12.4 Å². The van der Waals surface area contributed by atoms with Crippen LogP contribution in [0.3, 0.4) is 0 Å². The molecular formula is C16H22N2O3. The normalized spacial score (nSPS) is 11.1. The van der Waals surface area contributed by atoms with Crippen molar-refractivity contribution in [3.8, 4) is 0 Å². The summed E-state index contributed by atoms with van der Waals surface area (Å²) in [6.45, 7) is 4.04. The first kappa shape index (κ1) is 15.7. The SMILES string of the molecule is CCCn1c(CC(=O)COCCOC)nc2ccccc21. The third-order valence-corrected chi connectivity index (χ3v) is 3.23. The number of ether oxygens (including phenoxy) is 2. The van der Waals surface area contributed by atoms with Crippen molar-refractivity contribution in [2.45, 2.75) is 26.3 Å². The highest BCUT2D eigenvalue weighted by Gasteiger charge is 2.13. The van der Waals surface area contributed by atoms with E-state index in [0.717, 1.165) is 29.8 Å². The van der Waals surface area contributed by atoms with E-state index in [9.17, 15) is 4.79 Å². The Kier molecular flexibility index (Phi) is 5.90. The molecule has 5 nitrogen and oxygen atoms in total. The van der Waals surface area contributed by atoms with Crippen molar-refractivity contribution < 1.29 is 14.3 Å². The average molecular weight is 290 g/mol. The first-order chi connectivity index (χ1) is 10.3. The molecular weight excluding hydrogens is 268 g/mol. The van der Waals surface area contributed by atoms with E-state index in [4.69, 9.17) is 9.47 Å². The van der Waals surface area contributed by atoms with Crippen LogP contribution in [0.5, 0.6) is 0 Å². The standard InChI is InChI=1S/C16H22N2O3/c1-3-8-18-15-7-5-4-6-14(15)17-16(18)11-13(19)12-21-10-9-20-2/h4-7H,3,8-12H2,1-2H3. The van der Waals surface area contributed by atoms with Crippen LogP contribution in [-0.4, -0.2) is 42.3 Å². The fourth-order valence-electron chi connectivity index (χ4n) is 2.29. The van der Waals surface area contributed by atoms with Gasteiger partial charge in [0.2, 0.25) is 0 Å². The fraction of sp³-hybridized carbons (Fsp3) is 0.500. The average Bonchev–Trinajstić information content (AvgIpc) is 2.82. The highest BCUT2D eigenvalue weighted by atomic mass is 16.5. The molecule has 1 aromatic heterocycles. The summed E-state index contributed by atoms with van der Waals surface area (Å²) in [5, 5.41) is 0. The Morgan fingerprint density at radius 2 is 2.10 bits per heavy atom. The predicted molar refractivity (Wildman–Crippen MR) is 81.4 cm³/mol. The van der Waals surface area contributed by atoms with Gasteiger partial charge in [0.25, 0.3) is 0 Å². The third-order valence-electron chi connectivity index (χ3n) is 3.23. The lowest BCUT2D eigenvalue weighted by atomic mass is 10.2. The number of hydrogen-bond acceptors (Lipinski definition) is 4. The maximum atomic E-state index is 12.0. The number of carbonyl (C=O) groups excluding carboxylic acids is 1. The molecule has 0 atom stereocenters. The number of hydrogen-bond donors (Lipinski definition) is 0. The lowest BCUT2D eigenvalue weighted by molar-refractivity contribution is -0.123. The Bertz CT molecular complexity index is 592. The first-order valence-corrected chi connectivity index (χ1v) is 7.28. The van der Waals surface area contributed by atoms with Gasteiger partial charge in [-0.3, -0.25) is 4.79 Å². The topological polar surface area (TPSA) is 53.4 Å². The van der Waals surface area contributed by atoms with Crippen LogP contribution in [0, 0.1) is 0 Å². The first-order valence-electron chi connectivity index (χ1n) is 7.28. The Balaban J connectivity index is 2.06. The van der Waals surface area contributed by atoms with E-state index in [0.29, 0.717) is 19.6 Å². The van der Waals surface area contributed by atoms with Crippen LogP contribution in [0.2, 0.25) is 0 Å². The summed E-state index contributed by atoms with van der Waals surface area (Å²) in [6.07, 6.45) is 1.31. The molecule has 0 aliphatic carbocycles. The van der Waals surface area contributed by atoms with Crippen molar-refractivity contribution in [2.75, 3.05) is 26.9 Å².